The molecule has 5 rings (SSSR count). The largest absolute Gasteiger partial charge is 0.394 e. The van der Waals surface area contributed by atoms with Gasteiger partial charge >= 0.3 is 0 Å². The van der Waals surface area contributed by atoms with Gasteiger partial charge in [0.1, 0.15) is 6.54 Å². The molecule has 2 aliphatic heterocycles. The Labute approximate surface area is 187 Å². The molecule has 0 spiro atoms. The second-order valence-corrected chi connectivity index (χ2v) is 8.55. The maximum Gasteiger partial charge on any atom is 0.254 e. The van der Waals surface area contributed by atoms with E-state index in [1.54, 1.807) is 34.3 Å². The Kier molecular flexibility index (Phi) is 5.23. The van der Waals surface area contributed by atoms with E-state index in [9.17, 15) is 14.7 Å². The van der Waals surface area contributed by atoms with E-state index in [1.165, 1.54) is 5.56 Å². The highest BCUT2D eigenvalue weighted by Crippen LogP contribution is 2.43. The third kappa shape index (κ3) is 3.46. The molecule has 2 amide bonds. The van der Waals surface area contributed by atoms with E-state index in [1.807, 2.05) is 0 Å². The maximum atomic E-state index is 12.9. The van der Waals surface area contributed by atoms with Crippen molar-refractivity contribution in [3.8, 4) is 11.1 Å². The molecule has 6 nitrogen and oxygen atoms in total. The van der Waals surface area contributed by atoms with Crippen LogP contribution in [0, 0.1) is 6.92 Å². The number of hydrogen-bond acceptors (Lipinski definition) is 4. The Morgan fingerprint density at radius 2 is 1.62 bits per heavy atom. The summed E-state index contributed by atoms with van der Waals surface area (Å²) in [5, 5.41) is 10.0. The lowest BCUT2D eigenvalue weighted by Gasteiger charge is -2.58. The second-order valence-electron chi connectivity index (χ2n) is 8.55. The van der Waals surface area contributed by atoms with Gasteiger partial charge in [0.2, 0.25) is 5.91 Å². The van der Waals surface area contributed by atoms with E-state index >= 15 is 0 Å². The summed E-state index contributed by atoms with van der Waals surface area (Å²) < 4.78 is 0. The van der Waals surface area contributed by atoms with Crippen LogP contribution in [0.25, 0.3) is 11.1 Å². The number of aliphatic hydroxyl groups is 1. The van der Waals surface area contributed by atoms with E-state index in [4.69, 9.17) is 0 Å². The smallest absolute Gasteiger partial charge is 0.254 e. The third-order valence-electron chi connectivity index (χ3n) is 6.65. The number of fused-ring (bicyclic) bond motifs is 1. The van der Waals surface area contributed by atoms with E-state index in [-0.39, 0.29) is 43.0 Å². The fourth-order valence-electron chi connectivity index (χ4n) is 4.98. The number of aromatic nitrogens is 1. The molecule has 2 aliphatic rings. The van der Waals surface area contributed by atoms with Crippen LogP contribution < -0.4 is 0 Å². The monoisotopic (exact) mass is 427 g/mol. The number of nitrogens with zero attached hydrogens (tertiary/aromatic N) is 3. The Balaban J connectivity index is 1.38. The molecule has 3 aromatic rings. The van der Waals surface area contributed by atoms with Crippen molar-refractivity contribution in [3.05, 3.63) is 89.7 Å². The average molecular weight is 428 g/mol. The number of piperazine rings is 1. The Bertz CT molecular complexity index is 1130. The number of amides is 2. The molecule has 0 aliphatic carbocycles. The van der Waals surface area contributed by atoms with Gasteiger partial charge in [0, 0.05) is 30.4 Å². The van der Waals surface area contributed by atoms with Crippen LogP contribution in [0.1, 0.15) is 27.4 Å². The summed E-state index contributed by atoms with van der Waals surface area (Å²) >= 11 is 0. The van der Waals surface area contributed by atoms with Gasteiger partial charge in [-0.2, -0.15) is 0 Å². The van der Waals surface area contributed by atoms with E-state index in [0.717, 1.165) is 16.7 Å². The van der Waals surface area contributed by atoms with Crippen molar-refractivity contribution in [1.82, 2.24) is 14.8 Å². The summed E-state index contributed by atoms with van der Waals surface area (Å²) in [6.45, 7) is 2.46. The van der Waals surface area contributed by atoms with Crippen molar-refractivity contribution >= 4 is 11.8 Å². The van der Waals surface area contributed by atoms with Crippen LogP contribution in [0.4, 0.5) is 0 Å². The molecule has 1 N–H and O–H groups in total. The highest BCUT2D eigenvalue weighted by molar-refractivity contribution is 5.97. The minimum Gasteiger partial charge on any atom is -0.394 e. The predicted octanol–water partition coefficient (Wildman–Crippen LogP) is 2.87. The highest BCUT2D eigenvalue weighted by Gasteiger charge is 2.54. The minimum atomic E-state index is -0.254. The van der Waals surface area contributed by atoms with Gasteiger partial charge in [-0.25, -0.2) is 0 Å². The number of pyridine rings is 1. The summed E-state index contributed by atoms with van der Waals surface area (Å²) in [6, 6.07) is 19.7. The van der Waals surface area contributed by atoms with Gasteiger partial charge in [-0.1, -0.05) is 54.1 Å². The SMILES string of the molecule is Cc1ccc(-c2ccc([C@H]3[C@H](CO)N4C(=O)CN(C(=O)c5ccncc5)C[C@@H]34)cc2)cc1. The van der Waals surface area contributed by atoms with E-state index < -0.39 is 0 Å². The molecule has 0 bridgehead atoms. The molecule has 162 valence electrons. The lowest BCUT2D eigenvalue weighted by Crippen LogP contribution is -2.73. The van der Waals surface area contributed by atoms with Crippen molar-refractivity contribution < 1.29 is 14.7 Å². The lowest BCUT2D eigenvalue weighted by atomic mass is 9.73. The first-order valence-electron chi connectivity index (χ1n) is 10.8. The molecular weight excluding hydrogens is 402 g/mol. The first kappa shape index (κ1) is 20.4. The Hall–Kier alpha value is -3.51. The maximum absolute atomic E-state index is 12.9. The van der Waals surface area contributed by atoms with Gasteiger partial charge in [0.15, 0.2) is 0 Å². The van der Waals surface area contributed by atoms with Crippen molar-refractivity contribution in [2.24, 2.45) is 0 Å². The number of carbonyl (C=O) groups excluding carboxylic acids is 2. The zero-order valence-electron chi connectivity index (χ0n) is 17.9. The molecule has 2 aromatic carbocycles. The van der Waals surface area contributed by atoms with Crippen LogP contribution in [-0.2, 0) is 4.79 Å². The second kappa shape index (κ2) is 8.20. The summed E-state index contributed by atoms with van der Waals surface area (Å²) in [5.41, 5.74) is 5.10. The normalized spacial score (nSPS) is 22.3. The van der Waals surface area contributed by atoms with Gasteiger partial charge in [-0.15, -0.1) is 0 Å². The topological polar surface area (TPSA) is 73.7 Å². The van der Waals surface area contributed by atoms with Gasteiger partial charge in [-0.3, -0.25) is 14.6 Å². The molecule has 0 unspecified atom stereocenters. The summed E-state index contributed by atoms with van der Waals surface area (Å²) in [7, 11) is 0. The number of aliphatic hydroxyl groups excluding tert-OH is 1. The molecular formula is C26H25N3O3. The molecule has 0 saturated carbocycles. The first-order chi connectivity index (χ1) is 15.6. The number of benzene rings is 2. The van der Waals surface area contributed by atoms with Crippen LogP contribution in [0.3, 0.4) is 0 Å². The van der Waals surface area contributed by atoms with Crippen LogP contribution in [0.15, 0.2) is 73.1 Å². The van der Waals surface area contributed by atoms with Crippen LogP contribution in [-0.4, -0.2) is 63.5 Å². The number of aryl methyl sites for hydroxylation is 1. The Morgan fingerprint density at radius 1 is 1.00 bits per heavy atom. The van der Waals surface area contributed by atoms with E-state index in [2.05, 4.69) is 60.4 Å². The van der Waals surface area contributed by atoms with Gasteiger partial charge < -0.3 is 14.9 Å². The fourth-order valence-corrected chi connectivity index (χ4v) is 4.98. The van der Waals surface area contributed by atoms with Gasteiger partial charge in [-0.05, 0) is 35.7 Å². The fraction of sp³-hybridized carbons (Fsp3) is 0.269. The molecule has 32 heavy (non-hydrogen) atoms. The van der Waals surface area contributed by atoms with Crippen molar-refractivity contribution in [3.63, 3.8) is 0 Å². The Morgan fingerprint density at radius 3 is 2.25 bits per heavy atom. The molecule has 2 fully saturated rings. The molecule has 3 atom stereocenters. The highest BCUT2D eigenvalue weighted by atomic mass is 16.3. The zero-order valence-corrected chi connectivity index (χ0v) is 17.9. The molecule has 1 aromatic heterocycles. The average Bonchev–Trinajstić information content (AvgIpc) is 2.81. The third-order valence-corrected chi connectivity index (χ3v) is 6.65. The first-order valence-corrected chi connectivity index (χ1v) is 10.8. The quantitative estimate of drug-likeness (QED) is 0.695. The van der Waals surface area contributed by atoms with Crippen LogP contribution in [0.5, 0.6) is 0 Å². The molecule has 2 saturated heterocycles. The summed E-state index contributed by atoms with van der Waals surface area (Å²) in [6.07, 6.45) is 3.16. The number of rotatable bonds is 4. The van der Waals surface area contributed by atoms with Crippen LogP contribution in [0.2, 0.25) is 0 Å². The minimum absolute atomic E-state index is 0.0101. The van der Waals surface area contributed by atoms with Crippen molar-refractivity contribution in [2.75, 3.05) is 19.7 Å². The molecule has 6 heteroatoms. The van der Waals surface area contributed by atoms with E-state index in [0.29, 0.717) is 12.1 Å². The van der Waals surface area contributed by atoms with Crippen molar-refractivity contribution in [1.29, 1.82) is 0 Å². The van der Waals surface area contributed by atoms with Gasteiger partial charge in [0.05, 0.1) is 18.7 Å². The standard InChI is InChI=1S/C26H25N3O3/c1-17-2-4-18(5-3-17)19-6-8-20(9-7-19)25-22-14-28(15-24(31)29(22)23(25)16-30)26(32)21-10-12-27-13-11-21/h2-13,22-23,25,30H,14-16H2,1H3/t22-,23-,25+/m0/s1. The van der Waals surface area contributed by atoms with Gasteiger partial charge in [0.25, 0.3) is 5.91 Å². The lowest BCUT2D eigenvalue weighted by molar-refractivity contribution is -0.159. The summed E-state index contributed by atoms with van der Waals surface area (Å²) in [4.78, 5) is 33.1. The van der Waals surface area contributed by atoms with Crippen LogP contribution >= 0.6 is 0 Å². The number of hydrogen-bond donors (Lipinski definition) is 1. The zero-order chi connectivity index (χ0) is 22.2. The number of carbonyl (C=O) groups is 2. The molecule has 3 heterocycles. The van der Waals surface area contributed by atoms with Crippen molar-refractivity contribution in [2.45, 2.75) is 24.9 Å². The molecule has 0 radical (unpaired) electrons. The predicted molar refractivity (Wildman–Crippen MR) is 121 cm³/mol. The summed E-state index contributed by atoms with van der Waals surface area (Å²) in [5.74, 6) is -0.291.